The molecule has 1 atom stereocenters. The van der Waals surface area contributed by atoms with Crippen molar-refractivity contribution in [3.63, 3.8) is 0 Å². The number of aliphatic hydroxyl groups is 1. The lowest BCUT2D eigenvalue weighted by Crippen LogP contribution is -2.01. The summed E-state index contributed by atoms with van der Waals surface area (Å²) < 4.78 is 0. The molecule has 0 bridgehead atoms. The molecule has 0 aliphatic rings. The van der Waals surface area contributed by atoms with Gasteiger partial charge in [-0.1, -0.05) is 42.0 Å². The number of anilines is 1. The summed E-state index contributed by atoms with van der Waals surface area (Å²) in [4.78, 5) is 0. The summed E-state index contributed by atoms with van der Waals surface area (Å²) in [7, 11) is 0. The van der Waals surface area contributed by atoms with Gasteiger partial charge in [0, 0.05) is 17.2 Å². The lowest BCUT2D eigenvalue weighted by Gasteiger charge is -2.11. The van der Waals surface area contributed by atoms with Crippen LogP contribution >= 0.6 is 11.8 Å². The molecule has 3 heteroatoms. The molecule has 19 heavy (non-hydrogen) atoms. The molecule has 2 rings (SSSR count). The summed E-state index contributed by atoms with van der Waals surface area (Å²) >= 11 is 1.73. The van der Waals surface area contributed by atoms with Gasteiger partial charge < -0.3 is 10.8 Å². The highest BCUT2D eigenvalue weighted by molar-refractivity contribution is 7.98. The van der Waals surface area contributed by atoms with Gasteiger partial charge in [0.15, 0.2) is 0 Å². The van der Waals surface area contributed by atoms with E-state index in [4.69, 9.17) is 5.73 Å². The molecule has 1 unspecified atom stereocenters. The van der Waals surface area contributed by atoms with Crippen LogP contribution in [0, 0.1) is 6.92 Å². The van der Waals surface area contributed by atoms with Crippen molar-refractivity contribution < 1.29 is 5.11 Å². The molecule has 0 fully saturated rings. The Morgan fingerprint density at radius 2 is 1.95 bits per heavy atom. The Labute approximate surface area is 118 Å². The Kier molecular flexibility index (Phi) is 4.88. The van der Waals surface area contributed by atoms with Crippen molar-refractivity contribution in [3.8, 4) is 0 Å². The average Bonchev–Trinajstić information content (AvgIpc) is 2.38. The highest BCUT2D eigenvalue weighted by atomic mass is 32.2. The number of nitrogens with two attached hydrogens (primary N) is 1. The molecule has 100 valence electrons. The zero-order valence-electron chi connectivity index (χ0n) is 11.0. The first kappa shape index (κ1) is 14.0. The Morgan fingerprint density at radius 1 is 1.16 bits per heavy atom. The fourth-order valence-electron chi connectivity index (χ4n) is 1.95. The highest BCUT2D eigenvalue weighted by Gasteiger charge is 2.07. The molecule has 2 nitrogen and oxygen atoms in total. The van der Waals surface area contributed by atoms with Crippen LogP contribution in [0.1, 0.15) is 22.8 Å². The number of aryl methyl sites for hydroxylation is 1. The minimum atomic E-state index is -0.460. The molecular formula is C16H19NOS. The van der Waals surface area contributed by atoms with E-state index >= 15 is 0 Å². The van der Waals surface area contributed by atoms with E-state index < -0.39 is 6.10 Å². The first-order valence-electron chi connectivity index (χ1n) is 6.32. The SMILES string of the molecule is Cc1cccc(CSCC(O)c2cccc(N)c2)c1. The van der Waals surface area contributed by atoms with E-state index in [0.29, 0.717) is 11.4 Å². The van der Waals surface area contributed by atoms with Crippen molar-refractivity contribution >= 4 is 17.4 Å². The van der Waals surface area contributed by atoms with Gasteiger partial charge >= 0.3 is 0 Å². The van der Waals surface area contributed by atoms with E-state index in [9.17, 15) is 5.11 Å². The van der Waals surface area contributed by atoms with E-state index in [-0.39, 0.29) is 0 Å². The normalized spacial score (nSPS) is 12.3. The van der Waals surface area contributed by atoms with Crippen LogP contribution in [0.15, 0.2) is 48.5 Å². The van der Waals surface area contributed by atoms with Crippen molar-refractivity contribution in [2.75, 3.05) is 11.5 Å². The van der Waals surface area contributed by atoms with Gasteiger partial charge in [-0.2, -0.15) is 11.8 Å². The Bertz CT molecular complexity index is 542. The van der Waals surface area contributed by atoms with E-state index in [0.717, 1.165) is 11.3 Å². The van der Waals surface area contributed by atoms with Crippen molar-refractivity contribution in [3.05, 3.63) is 65.2 Å². The summed E-state index contributed by atoms with van der Waals surface area (Å²) in [6, 6.07) is 15.9. The maximum absolute atomic E-state index is 10.1. The zero-order chi connectivity index (χ0) is 13.7. The van der Waals surface area contributed by atoms with Gasteiger partial charge in [-0.25, -0.2) is 0 Å². The third-order valence-electron chi connectivity index (χ3n) is 2.92. The molecule has 2 aromatic carbocycles. The lowest BCUT2D eigenvalue weighted by atomic mass is 10.1. The van der Waals surface area contributed by atoms with Crippen LogP contribution < -0.4 is 5.73 Å². The molecule has 2 aromatic rings. The standard InChI is InChI=1S/C16H19NOS/c1-12-4-2-5-13(8-12)10-19-11-16(18)14-6-3-7-15(17)9-14/h2-9,16,18H,10-11,17H2,1H3. The van der Waals surface area contributed by atoms with Gasteiger partial charge in [-0.05, 0) is 30.2 Å². The van der Waals surface area contributed by atoms with E-state index in [1.165, 1.54) is 11.1 Å². The van der Waals surface area contributed by atoms with E-state index in [1.54, 1.807) is 11.8 Å². The molecule has 0 aliphatic carbocycles. The third-order valence-corrected chi connectivity index (χ3v) is 4.01. The van der Waals surface area contributed by atoms with Crippen LogP contribution in [0.4, 0.5) is 5.69 Å². The fourth-order valence-corrected chi connectivity index (χ4v) is 2.90. The van der Waals surface area contributed by atoms with Crippen LogP contribution in [0.2, 0.25) is 0 Å². The van der Waals surface area contributed by atoms with Gasteiger partial charge in [0.25, 0.3) is 0 Å². The fraction of sp³-hybridized carbons (Fsp3) is 0.250. The number of nitrogen functional groups attached to an aromatic ring is 1. The van der Waals surface area contributed by atoms with Gasteiger partial charge in [-0.15, -0.1) is 0 Å². The average molecular weight is 273 g/mol. The van der Waals surface area contributed by atoms with E-state index in [1.807, 2.05) is 24.3 Å². The van der Waals surface area contributed by atoms with Gasteiger partial charge in [0.1, 0.15) is 0 Å². The maximum atomic E-state index is 10.1. The number of hydrogen-bond acceptors (Lipinski definition) is 3. The number of hydrogen-bond donors (Lipinski definition) is 2. The Balaban J connectivity index is 1.85. The van der Waals surface area contributed by atoms with Crippen molar-refractivity contribution in [2.24, 2.45) is 0 Å². The highest BCUT2D eigenvalue weighted by Crippen LogP contribution is 2.22. The smallest absolute Gasteiger partial charge is 0.0881 e. The van der Waals surface area contributed by atoms with Crippen LogP contribution in [-0.4, -0.2) is 10.9 Å². The molecule has 0 radical (unpaired) electrons. The molecule has 0 spiro atoms. The third kappa shape index (κ3) is 4.30. The summed E-state index contributed by atoms with van der Waals surface area (Å²) in [6.45, 7) is 2.09. The van der Waals surface area contributed by atoms with Crippen molar-refractivity contribution in [1.29, 1.82) is 0 Å². The molecule has 0 saturated heterocycles. The quantitative estimate of drug-likeness (QED) is 0.819. The van der Waals surface area contributed by atoms with Crippen molar-refractivity contribution in [1.82, 2.24) is 0 Å². The second kappa shape index (κ2) is 6.64. The van der Waals surface area contributed by atoms with Gasteiger partial charge in [0.2, 0.25) is 0 Å². The predicted octanol–water partition coefficient (Wildman–Crippen LogP) is 3.54. The molecule has 0 aliphatic heterocycles. The van der Waals surface area contributed by atoms with Gasteiger partial charge in [0.05, 0.1) is 6.10 Å². The number of aliphatic hydroxyl groups excluding tert-OH is 1. The van der Waals surface area contributed by atoms with E-state index in [2.05, 4.69) is 31.2 Å². The maximum Gasteiger partial charge on any atom is 0.0881 e. The number of thioether (sulfide) groups is 1. The monoisotopic (exact) mass is 273 g/mol. The van der Waals surface area contributed by atoms with Crippen LogP contribution in [0.5, 0.6) is 0 Å². The molecule has 0 heterocycles. The molecule has 0 aromatic heterocycles. The minimum absolute atomic E-state index is 0.460. The summed E-state index contributed by atoms with van der Waals surface area (Å²) in [5.74, 6) is 1.60. The first-order valence-corrected chi connectivity index (χ1v) is 7.47. The Morgan fingerprint density at radius 3 is 2.68 bits per heavy atom. The molecular weight excluding hydrogens is 254 g/mol. The Hall–Kier alpha value is -1.45. The van der Waals surface area contributed by atoms with Crippen LogP contribution in [0.25, 0.3) is 0 Å². The molecule has 0 amide bonds. The second-order valence-electron chi connectivity index (χ2n) is 4.69. The summed E-state index contributed by atoms with van der Waals surface area (Å²) in [5.41, 5.74) is 9.86. The largest absolute Gasteiger partial charge is 0.399 e. The van der Waals surface area contributed by atoms with Crippen molar-refractivity contribution in [2.45, 2.75) is 18.8 Å². The summed E-state index contributed by atoms with van der Waals surface area (Å²) in [6.07, 6.45) is -0.460. The predicted molar refractivity (Wildman–Crippen MR) is 83.2 cm³/mol. The van der Waals surface area contributed by atoms with Gasteiger partial charge in [-0.3, -0.25) is 0 Å². The van der Waals surface area contributed by atoms with Crippen LogP contribution in [-0.2, 0) is 5.75 Å². The zero-order valence-corrected chi connectivity index (χ0v) is 11.9. The molecule has 3 N–H and O–H groups in total. The molecule has 0 saturated carbocycles. The topological polar surface area (TPSA) is 46.2 Å². The number of rotatable bonds is 5. The summed E-state index contributed by atoms with van der Waals surface area (Å²) in [5, 5.41) is 10.1. The number of benzene rings is 2. The second-order valence-corrected chi connectivity index (χ2v) is 5.72. The first-order chi connectivity index (χ1) is 9.15. The lowest BCUT2D eigenvalue weighted by molar-refractivity contribution is 0.204. The van der Waals surface area contributed by atoms with Crippen LogP contribution in [0.3, 0.4) is 0 Å². The minimum Gasteiger partial charge on any atom is -0.399 e.